The van der Waals surface area contributed by atoms with E-state index in [2.05, 4.69) is 0 Å². The Bertz CT molecular complexity index is 284. The van der Waals surface area contributed by atoms with Gasteiger partial charge in [-0.3, -0.25) is 0 Å². The summed E-state index contributed by atoms with van der Waals surface area (Å²) in [7, 11) is 0. The largest absolute Gasteiger partial charge is 0.491 e. The third-order valence-corrected chi connectivity index (χ3v) is 2.11. The summed E-state index contributed by atoms with van der Waals surface area (Å²) in [6.07, 6.45) is -0.460. The number of aliphatic hydroxyl groups excluding tert-OH is 1. The monoisotopic (exact) mass is 200 g/mol. The molecule has 1 N–H and O–H groups in total. The third-order valence-electron chi connectivity index (χ3n) is 1.70. The zero-order valence-electron chi connectivity index (χ0n) is 7.75. The van der Waals surface area contributed by atoms with E-state index in [0.717, 1.165) is 11.3 Å². The SMILES string of the molecule is Cc1c(Cl)cccc1OCC(C)O. The minimum Gasteiger partial charge on any atom is -0.491 e. The van der Waals surface area contributed by atoms with Gasteiger partial charge >= 0.3 is 0 Å². The van der Waals surface area contributed by atoms with Crippen LogP contribution >= 0.6 is 11.6 Å². The molecule has 0 aliphatic carbocycles. The van der Waals surface area contributed by atoms with Crippen LogP contribution in [0.25, 0.3) is 0 Å². The van der Waals surface area contributed by atoms with Crippen LogP contribution in [0, 0.1) is 6.92 Å². The molecule has 0 bridgehead atoms. The summed E-state index contributed by atoms with van der Waals surface area (Å²) in [5.41, 5.74) is 0.907. The van der Waals surface area contributed by atoms with E-state index in [0.29, 0.717) is 11.6 Å². The lowest BCUT2D eigenvalue weighted by Crippen LogP contribution is -2.13. The van der Waals surface area contributed by atoms with Gasteiger partial charge in [-0.1, -0.05) is 17.7 Å². The summed E-state index contributed by atoms with van der Waals surface area (Å²) < 4.78 is 5.34. The van der Waals surface area contributed by atoms with E-state index < -0.39 is 6.10 Å². The first-order valence-electron chi connectivity index (χ1n) is 4.17. The molecule has 2 nitrogen and oxygen atoms in total. The third kappa shape index (κ3) is 2.90. The van der Waals surface area contributed by atoms with Crippen LogP contribution in [-0.2, 0) is 0 Å². The Hall–Kier alpha value is -0.730. The molecule has 0 heterocycles. The fraction of sp³-hybridized carbons (Fsp3) is 0.400. The van der Waals surface area contributed by atoms with E-state index in [4.69, 9.17) is 21.4 Å². The fourth-order valence-corrected chi connectivity index (χ4v) is 1.12. The molecule has 1 unspecified atom stereocenters. The second-order valence-electron chi connectivity index (χ2n) is 3.02. The molecule has 1 aromatic rings. The number of halogens is 1. The highest BCUT2D eigenvalue weighted by atomic mass is 35.5. The molecule has 0 fully saturated rings. The lowest BCUT2D eigenvalue weighted by Gasteiger charge is -2.10. The molecule has 0 aliphatic heterocycles. The highest BCUT2D eigenvalue weighted by Gasteiger charge is 2.03. The topological polar surface area (TPSA) is 29.5 Å². The Labute approximate surface area is 83.1 Å². The molecular formula is C10H13ClO2. The van der Waals surface area contributed by atoms with Gasteiger partial charge in [0.15, 0.2) is 0 Å². The molecule has 13 heavy (non-hydrogen) atoms. The van der Waals surface area contributed by atoms with Crippen LogP contribution in [0.3, 0.4) is 0 Å². The van der Waals surface area contributed by atoms with E-state index in [1.807, 2.05) is 25.1 Å². The molecule has 0 amide bonds. The molecule has 0 radical (unpaired) electrons. The van der Waals surface area contributed by atoms with E-state index in [9.17, 15) is 0 Å². The maximum Gasteiger partial charge on any atom is 0.123 e. The van der Waals surface area contributed by atoms with Crippen molar-refractivity contribution in [1.29, 1.82) is 0 Å². The number of rotatable bonds is 3. The Morgan fingerprint density at radius 2 is 2.23 bits per heavy atom. The molecule has 1 atom stereocenters. The van der Waals surface area contributed by atoms with Gasteiger partial charge in [0.25, 0.3) is 0 Å². The predicted molar refractivity (Wildman–Crippen MR) is 53.4 cm³/mol. The second-order valence-corrected chi connectivity index (χ2v) is 3.43. The minimum atomic E-state index is -0.460. The van der Waals surface area contributed by atoms with Crippen molar-refractivity contribution in [1.82, 2.24) is 0 Å². The number of hydrogen-bond acceptors (Lipinski definition) is 2. The first-order chi connectivity index (χ1) is 6.11. The normalized spacial score (nSPS) is 12.6. The maximum absolute atomic E-state index is 9.02. The first kappa shape index (κ1) is 10.4. The van der Waals surface area contributed by atoms with Gasteiger partial charge in [-0.2, -0.15) is 0 Å². The first-order valence-corrected chi connectivity index (χ1v) is 4.55. The van der Waals surface area contributed by atoms with Crippen LogP contribution in [0.4, 0.5) is 0 Å². The van der Waals surface area contributed by atoms with E-state index in [1.54, 1.807) is 6.92 Å². The van der Waals surface area contributed by atoms with Crippen molar-refractivity contribution in [3.05, 3.63) is 28.8 Å². The molecule has 0 saturated heterocycles. The molecule has 1 rings (SSSR count). The van der Waals surface area contributed by atoms with Gasteiger partial charge in [-0.25, -0.2) is 0 Å². The zero-order chi connectivity index (χ0) is 9.84. The van der Waals surface area contributed by atoms with Crippen molar-refractivity contribution in [3.63, 3.8) is 0 Å². The van der Waals surface area contributed by atoms with Crippen molar-refractivity contribution < 1.29 is 9.84 Å². The maximum atomic E-state index is 9.02. The van der Waals surface area contributed by atoms with Crippen LogP contribution in [0.1, 0.15) is 12.5 Å². The molecule has 0 aromatic heterocycles. The number of hydrogen-bond donors (Lipinski definition) is 1. The lowest BCUT2D eigenvalue weighted by molar-refractivity contribution is 0.122. The van der Waals surface area contributed by atoms with Gasteiger partial charge in [0.2, 0.25) is 0 Å². The van der Waals surface area contributed by atoms with Crippen LogP contribution in [0.15, 0.2) is 18.2 Å². The van der Waals surface area contributed by atoms with E-state index >= 15 is 0 Å². The summed E-state index contributed by atoms with van der Waals surface area (Å²) in [5.74, 6) is 0.730. The number of ether oxygens (including phenoxy) is 1. The van der Waals surface area contributed by atoms with Gasteiger partial charge in [0, 0.05) is 10.6 Å². The summed E-state index contributed by atoms with van der Waals surface area (Å²) >= 11 is 5.89. The van der Waals surface area contributed by atoms with Crippen molar-refractivity contribution in [2.75, 3.05) is 6.61 Å². The Morgan fingerprint density at radius 3 is 2.85 bits per heavy atom. The number of benzene rings is 1. The fourth-order valence-electron chi connectivity index (χ4n) is 0.954. The van der Waals surface area contributed by atoms with E-state index in [-0.39, 0.29) is 0 Å². The second kappa shape index (κ2) is 4.49. The molecule has 72 valence electrons. The average Bonchev–Trinajstić information content (AvgIpc) is 2.07. The highest BCUT2D eigenvalue weighted by molar-refractivity contribution is 6.31. The van der Waals surface area contributed by atoms with Gasteiger partial charge in [0.05, 0.1) is 6.10 Å². The smallest absolute Gasteiger partial charge is 0.123 e. The summed E-state index contributed by atoms with van der Waals surface area (Å²) in [5, 5.41) is 9.70. The molecule has 1 aromatic carbocycles. The molecular weight excluding hydrogens is 188 g/mol. The lowest BCUT2D eigenvalue weighted by atomic mass is 10.2. The summed E-state index contributed by atoms with van der Waals surface area (Å²) in [6, 6.07) is 5.47. The van der Waals surface area contributed by atoms with Crippen LogP contribution in [0.5, 0.6) is 5.75 Å². The number of aliphatic hydroxyl groups is 1. The van der Waals surface area contributed by atoms with Gasteiger partial charge in [-0.05, 0) is 26.0 Å². The van der Waals surface area contributed by atoms with Crippen LogP contribution in [-0.4, -0.2) is 17.8 Å². The van der Waals surface area contributed by atoms with Crippen molar-refractivity contribution in [2.45, 2.75) is 20.0 Å². The minimum absolute atomic E-state index is 0.293. The average molecular weight is 201 g/mol. The van der Waals surface area contributed by atoms with E-state index in [1.165, 1.54) is 0 Å². The standard InChI is InChI=1S/C10H13ClO2/c1-7(12)6-13-10-5-3-4-9(11)8(10)2/h3-5,7,12H,6H2,1-2H3. The Kier molecular flexibility index (Phi) is 3.58. The van der Waals surface area contributed by atoms with Gasteiger partial charge in [-0.15, -0.1) is 0 Å². The van der Waals surface area contributed by atoms with Gasteiger partial charge < -0.3 is 9.84 Å². The molecule has 0 spiro atoms. The molecule has 3 heteroatoms. The van der Waals surface area contributed by atoms with Gasteiger partial charge in [0.1, 0.15) is 12.4 Å². The Balaban J connectivity index is 2.71. The summed E-state index contributed by atoms with van der Waals surface area (Å²) in [6.45, 7) is 3.86. The molecule has 0 saturated carbocycles. The van der Waals surface area contributed by atoms with Crippen molar-refractivity contribution in [3.8, 4) is 5.75 Å². The molecule has 0 aliphatic rings. The van der Waals surface area contributed by atoms with Crippen molar-refractivity contribution >= 4 is 11.6 Å². The quantitative estimate of drug-likeness (QED) is 0.812. The zero-order valence-corrected chi connectivity index (χ0v) is 8.51. The highest BCUT2D eigenvalue weighted by Crippen LogP contribution is 2.24. The van der Waals surface area contributed by atoms with Crippen LogP contribution < -0.4 is 4.74 Å². The van der Waals surface area contributed by atoms with Crippen molar-refractivity contribution in [2.24, 2.45) is 0 Å². The van der Waals surface area contributed by atoms with Crippen LogP contribution in [0.2, 0.25) is 5.02 Å². The Morgan fingerprint density at radius 1 is 1.54 bits per heavy atom. The predicted octanol–water partition coefficient (Wildman–Crippen LogP) is 2.41. The summed E-state index contributed by atoms with van der Waals surface area (Å²) in [4.78, 5) is 0.